The van der Waals surface area contributed by atoms with Gasteiger partial charge in [-0.25, -0.2) is 4.39 Å². The van der Waals surface area contributed by atoms with E-state index < -0.39 is 0 Å². The molecule has 0 N–H and O–H groups in total. The second-order valence-electron chi connectivity index (χ2n) is 8.83. The van der Waals surface area contributed by atoms with E-state index in [0.717, 1.165) is 49.8 Å². The Labute approximate surface area is 179 Å². The van der Waals surface area contributed by atoms with E-state index in [0.29, 0.717) is 18.6 Å². The van der Waals surface area contributed by atoms with Gasteiger partial charge in [0.1, 0.15) is 18.2 Å². The summed E-state index contributed by atoms with van der Waals surface area (Å²) in [7, 11) is 0. The lowest BCUT2D eigenvalue weighted by Crippen LogP contribution is -2.49. The van der Waals surface area contributed by atoms with Crippen LogP contribution < -0.4 is 9.64 Å². The Bertz CT molecular complexity index is 805. The van der Waals surface area contributed by atoms with Crippen LogP contribution in [0.1, 0.15) is 38.3 Å². The van der Waals surface area contributed by atoms with Crippen molar-refractivity contribution in [2.24, 2.45) is 5.92 Å². The Morgan fingerprint density at radius 1 is 1.03 bits per heavy atom. The predicted octanol–water partition coefficient (Wildman–Crippen LogP) is 4.90. The molecule has 2 heterocycles. The van der Waals surface area contributed by atoms with Gasteiger partial charge in [0.05, 0.1) is 24.4 Å². The van der Waals surface area contributed by atoms with Crippen molar-refractivity contribution < 1.29 is 13.9 Å². The highest BCUT2D eigenvalue weighted by atomic mass is 19.1. The number of hydrogen-bond donors (Lipinski definition) is 0. The van der Waals surface area contributed by atoms with Gasteiger partial charge in [0.25, 0.3) is 0 Å². The summed E-state index contributed by atoms with van der Waals surface area (Å²) >= 11 is 0. The number of halogens is 1. The first-order valence-electron chi connectivity index (χ1n) is 11.2. The molecule has 2 atom stereocenters. The number of fused-ring (bicyclic) bond motifs is 1. The third-order valence-corrected chi connectivity index (χ3v) is 6.03. The maximum Gasteiger partial charge on any atom is 0.142 e. The molecule has 30 heavy (non-hydrogen) atoms. The molecule has 0 aromatic heterocycles. The van der Waals surface area contributed by atoms with Crippen LogP contribution in [-0.4, -0.2) is 50.4 Å². The van der Waals surface area contributed by atoms with Crippen molar-refractivity contribution in [2.45, 2.75) is 38.8 Å². The van der Waals surface area contributed by atoms with Crippen LogP contribution >= 0.6 is 0 Å². The SMILES string of the molecule is CC(C)COCC(CN1c2ccccc2OCC1c1ccc(F)cc1)N1CCCC1. The van der Waals surface area contributed by atoms with Gasteiger partial charge in [0.2, 0.25) is 0 Å². The third kappa shape index (κ3) is 4.96. The fourth-order valence-corrected chi connectivity index (χ4v) is 4.48. The summed E-state index contributed by atoms with van der Waals surface area (Å²) in [6.07, 6.45) is 2.50. The van der Waals surface area contributed by atoms with Gasteiger partial charge in [-0.15, -0.1) is 0 Å². The van der Waals surface area contributed by atoms with Crippen LogP contribution in [0.25, 0.3) is 0 Å². The summed E-state index contributed by atoms with van der Waals surface area (Å²) in [6.45, 7) is 9.56. The van der Waals surface area contributed by atoms with Gasteiger partial charge in [-0.3, -0.25) is 4.90 Å². The molecule has 4 nitrogen and oxygen atoms in total. The normalized spacial score (nSPS) is 20.3. The number of hydrogen-bond acceptors (Lipinski definition) is 4. The van der Waals surface area contributed by atoms with Gasteiger partial charge in [0, 0.05) is 13.2 Å². The molecule has 0 aliphatic carbocycles. The lowest BCUT2D eigenvalue weighted by molar-refractivity contribution is 0.0553. The molecule has 2 aromatic rings. The Morgan fingerprint density at radius 3 is 2.50 bits per heavy atom. The second kappa shape index (κ2) is 9.80. The van der Waals surface area contributed by atoms with Crippen molar-refractivity contribution in [1.29, 1.82) is 0 Å². The molecule has 2 aromatic carbocycles. The summed E-state index contributed by atoms with van der Waals surface area (Å²) in [6, 6.07) is 15.4. The largest absolute Gasteiger partial charge is 0.489 e. The molecule has 0 saturated carbocycles. The first kappa shape index (κ1) is 21.1. The van der Waals surface area contributed by atoms with Crippen molar-refractivity contribution >= 4 is 5.69 Å². The number of ether oxygens (including phenoxy) is 2. The molecule has 5 heteroatoms. The van der Waals surface area contributed by atoms with Gasteiger partial charge in [-0.2, -0.15) is 0 Å². The molecular weight excluding hydrogens is 379 g/mol. The Balaban J connectivity index is 1.60. The van der Waals surface area contributed by atoms with Gasteiger partial charge in [-0.05, 0) is 61.7 Å². The number of benzene rings is 2. The maximum atomic E-state index is 13.5. The van der Waals surface area contributed by atoms with Crippen LogP contribution in [0.4, 0.5) is 10.1 Å². The minimum Gasteiger partial charge on any atom is -0.489 e. The van der Waals surface area contributed by atoms with Crippen LogP contribution in [0.15, 0.2) is 48.5 Å². The zero-order valence-corrected chi connectivity index (χ0v) is 18.1. The van der Waals surface area contributed by atoms with Crippen molar-refractivity contribution in [3.8, 4) is 5.75 Å². The third-order valence-electron chi connectivity index (χ3n) is 6.03. The summed E-state index contributed by atoms with van der Waals surface area (Å²) in [4.78, 5) is 5.01. The van der Waals surface area contributed by atoms with E-state index in [1.807, 2.05) is 24.3 Å². The predicted molar refractivity (Wildman–Crippen MR) is 119 cm³/mol. The minimum atomic E-state index is -0.209. The monoisotopic (exact) mass is 412 g/mol. The van der Waals surface area contributed by atoms with Gasteiger partial charge in [0.15, 0.2) is 0 Å². The molecule has 2 aliphatic heterocycles. The summed E-state index contributed by atoms with van der Waals surface area (Å²) in [5, 5.41) is 0. The average molecular weight is 413 g/mol. The van der Waals surface area contributed by atoms with E-state index in [9.17, 15) is 4.39 Å². The first-order chi connectivity index (χ1) is 14.6. The van der Waals surface area contributed by atoms with Crippen molar-refractivity contribution in [1.82, 2.24) is 4.90 Å². The van der Waals surface area contributed by atoms with E-state index in [-0.39, 0.29) is 11.9 Å². The number of anilines is 1. The van der Waals surface area contributed by atoms with Crippen LogP contribution in [0, 0.1) is 11.7 Å². The first-order valence-corrected chi connectivity index (χ1v) is 11.2. The maximum absolute atomic E-state index is 13.5. The lowest BCUT2D eigenvalue weighted by Gasteiger charge is -2.42. The Morgan fingerprint density at radius 2 is 1.77 bits per heavy atom. The standard InChI is InChI=1S/C25H33FN2O2/c1-19(2)16-29-17-22(27-13-5-6-14-27)15-28-23-7-3-4-8-25(23)30-18-24(28)20-9-11-21(26)12-10-20/h3-4,7-12,19,22,24H,5-6,13-18H2,1-2H3. The lowest BCUT2D eigenvalue weighted by atomic mass is 10.0. The summed E-state index contributed by atoms with van der Waals surface area (Å²) < 4.78 is 25.7. The fraction of sp³-hybridized carbons (Fsp3) is 0.520. The van der Waals surface area contributed by atoms with E-state index in [2.05, 4.69) is 35.8 Å². The molecule has 0 radical (unpaired) electrons. The minimum absolute atomic E-state index is 0.0516. The Kier molecular flexibility index (Phi) is 6.90. The highest BCUT2D eigenvalue weighted by Gasteiger charge is 2.33. The highest BCUT2D eigenvalue weighted by molar-refractivity contribution is 5.61. The summed E-state index contributed by atoms with van der Waals surface area (Å²) in [5.41, 5.74) is 2.18. The molecule has 2 aliphatic rings. The molecule has 0 spiro atoms. The van der Waals surface area contributed by atoms with Crippen molar-refractivity contribution in [3.63, 3.8) is 0 Å². The number of likely N-dealkylation sites (tertiary alicyclic amines) is 1. The molecule has 1 fully saturated rings. The van der Waals surface area contributed by atoms with Crippen LogP contribution in [0.3, 0.4) is 0 Å². The number of para-hydroxylation sites is 2. The number of rotatable bonds is 8. The topological polar surface area (TPSA) is 24.9 Å². The van der Waals surface area contributed by atoms with E-state index in [1.165, 1.54) is 25.0 Å². The van der Waals surface area contributed by atoms with E-state index in [1.54, 1.807) is 0 Å². The molecule has 0 amide bonds. The van der Waals surface area contributed by atoms with Crippen molar-refractivity contribution in [3.05, 3.63) is 59.9 Å². The zero-order chi connectivity index (χ0) is 20.9. The highest BCUT2D eigenvalue weighted by Crippen LogP contribution is 2.39. The quantitative estimate of drug-likeness (QED) is 0.616. The molecule has 162 valence electrons. The van der Waals surface area contributed by atoms with Crippen molar-refractivity contribution in [2.75, 3.05) is 44.4 Å². The van der Waals surface area contributed by atoms with Gasteiger partial charge in [-0.1, -0.05) is 38.1 Å². The molecule has 0 bridgehead atoms. The smallest absolute Gasteiger partial charge is 0.142 e. The Hall–Kier alpha value is -2.11. The number of nitrogens with zero attached hydrogens (tertiary/aromatic N) is 2. The average Bonchev–Trinajstić information content (AvgIpc) is 3.28. The van der Waals surface area contributed by atoms with Crippen LogP contribution in [0.5, 0.6) is 5.75 Å². The van der Waals surface area contributed by atoms with E-state index >= 15 is 0 Å². The van der Waals surface area contributed by atoms with E-state index in [4.69, 9.17) is 9.47 Å². The van der Waals surface area contributed by atoms with Gasteiger partial charge >= 0.3 is 0 Å². The summed E-state index contributed by atoms with van der Waals surface area (Å²) in [5.74, 6) is 1.24. The molecule has 2 unspecified atom stereocenters. The van der Waals surface area contributed by atoms with Gasteiger partial charge < -0.3 is 14.4 Å². The zero-order valence-electron chi connectivity index (χ0n) is 18.1. The van der Waals surface area contributed by atoms with Crippen LogP contribution in [-0.2, 0) is 4.74 Å². The fourth-order valence-electron chi connectivity index (χ4n) is 4.48. The molecule has 1 saturated heterocycles. The van der Waals surface area contributed by atoms with Crippen LogP contribution in [0.2, 0.25) is 0 Å². The molecule has 4 rings (SSSR count). The molecular formula is C25H33FN2O2. The second-order valence-corrected chi connectivity index (χ2v) is 8.83.